The van der Waals surface area contributed by atoms with Crippen LogP contribution >= 0.6 is 0 Å². The predicted octanol–water partition coefficient (Wildman–Crippen LogP) is 4.32. The first kappa shape index (κ1) is 17.2. The molecule has 1 aromatic rings. The topological polar surface area (TPSA) is 26.3 Å². The van der Waals surface area contributed by atoms with Gasteiger partial charge in [0.25, 0.3) is 0 Å². The number of ether oxygens (including phenoxy) is 1. The van der Waals surface area contributed by atoms with Crippen molar-refractivity contribution in [1.29, 1.82) is 0 Å². The Morgan fingerprint density at radius 3 is 2.42 bits per heavy atom. The smallest absolute Gasteiger partial charge is 0.333 e. The highest BCUT2D eigenvalue weighted by Crippen LogP contribution is 1.98. The molecular formula is C17H24O2. The molecule has 2 nitrogen and oxygen atoms in total. The van der Waals surface area contributed by atoms with Gasteiger partial charge >= 0.3 is 5.97 Å². The molecule has 0 aliphatic heterocycles. The van der Waals surface area contributed by atoms with Crippen molar-refractivity contribution in [2.45, 2.75) is 33.1 Å². The monoisotopic (exact) mass is 260 g/mol. The van der Waals surface area contributed by atoms with Gasteiger partial charge < -0.3 is 4.74 Å². The van der Waals surface area contributed by atoms with Crippen LogP contribution in [0.15, 0.2) is 55.1 Å². The average molecular weight is 260 g/mol. The van der Waals surface area contributed by atoms with Gasteiger partial charge in [-0.2, -0.15) is 0 Å². The molecule has 1 rings (SSSR count). The summed E-state index contributed by atoms with van der Waals surface area (Å²) in [7, 11) is 0. The molecule has 0 bridgehead atoms. The second-order valence-corrected chi connectivity index (χ2v) is 4.25. The summed E-state index contributed by atoms with van der Waals surface area (Å²) in [6.07, 6.45) is 4.86. The number of rotatable bonds is 6. The first-order chi connectivity index (χ1) is 9.11. The summed E-state index contributed by atoms with van der Waals surface area (Å²) >= 11 is 0. The Labute approximate surface area is 116 Å². The Morgan fingerprint density at radius 2 is 1.95 bits per heavy atom. The van der Waals surface area contributed by atoms with Crippen LogP contribution in [0.4, 0.5) is 0 Å². The summed E-state index contributed by atoms with van der Waals surface area (Å²) in [5.41, 5.74) is 1.80. The highest BCUT2D eigenvalue weighted by atomic mass is 16.5. The van der Waals surface area contributed by atoms with E-state index < -0.39 is 0 Å². The molecule has 0 heterocycles. The number of esters is 1. The van der Waals surface area contributed by atoms with E-state index in [9.17, 15) is 4.79 Å². The molecule has 0 aliphatic carbocycles. The normalized spacial score (nSPS) is 8.95. The number of carbonyl (C=O) groups excluding carboxylic acids is 1. The molecule has 19 heavy (non-hydrogen) atoms. The number of hydrogen-bond acceptors (Lipinski definition) is 2. The van der Waals surface area contributed by atoms with Crippen LogP contribution in [0.1, 0.15) is 32.3 Å². The molecule has 0 saturated carbocycles. The van der Waals surface area contributed by atoms with Crippen molar-refractivity contribution < 1.29 is 9.53 Å². The molecule has 0 aromatic heterocycles. The predicted molar refractivity (Wildman–Crippen MR) is 81.0 cm³/mol. The van der Waals surface area contributed by atoms with Gasteiger partial charge in [0.05, 0.1) is 6.61 Å². The minimum atomic E-state index is -0.284. The molecule has 0 N–H and O–H groups in total. The van der Waals surface area contributed by atoms with E-state index >= 15 is 0 Å². The first-order valence-corrected chi connectivity index (χ1v) is 6.59. The summed E-state index contributed by atoms with van der Waals surface area (Å²) in [5, 5.41) is 0. The highest BCUT2D eigenvalue weighted by Gasteiger charge is 2.00. The minimum absolute atomic E-state index is 0.284. The van der Waals surface area contributed by atoms with Crippen molar-refractivity contribution in [2.75, 3.05) is 6.61 Å². The van der Waals surface area contributed by atoms with Gasteiger partial charge in [0.1, 0.15) is 0 Å². The SMILES string of the molecule is C=C(C)C(=O)OCCCC.C=CCc1ccccc1. The molecular weight excluding hydrogens is 236 g/mol. The lowest BCUT2D eigenvalue weighted by molar-refractivity contribution is -0.139. The molecule has 104 valence electrons. The van der Waals surface area contributed by atoms with Gasteiger partial charge in [-0.05, 0) is 25.3 Å². The third-order valence-electron chi connectivity index (χ3n) is 2.30. The summed E-state index contributed by atoms with van der Waals surface area (Å²) in [6, 6.07) is 10.3. The largest absolute Gasteiger partial charge is 0.462 e. The average Bonchev–Trinajstić information content (AvgIpc) is 2.41. The molecule has 0 amide bonds. The Kier molecular flexibility index (Phi) is 10.2. The van der Waals surface area contributed by atoms with Crippen molar-refractivity contribution in [3.05, 3.63) is 60.7 Å². The third-order valence-corrected chi connectivity index (χ3v) is 2.30. The zero-order valence-corrected chi connectivity index (χ0v) is 12.0. The van der Waals surface area contributed by atoms with E-state index in [2.05, 4.69) is 32.2 Å². The van der Waals surface area contributed by atoms with Gasteiger partial charge in [0, 0.05) is 5.57 Å². The number of allylic oxidation sites excluding steroid dienone is 1. The van der Waals surface area contributed by atoms with E-state index in [0.29, 0.717) is 12.2 Å². The maximum atomic E-state index is 10.7. The number of carbonyl (C=O) groups is 1. The van der Waals surface area contributed by atoms with Gasteiger partial charge in [-0.3, -0.25) is 0 Å². The number of hydrogen-bond donors (Lipinski definition) is 0. The van der Waals surface area contributed by atoms with Crippen molar-refractivity contribution in [3.8, 4) is 0 Å². The third kappa shape index (κ3) is 9.83. The second kappa shape index (κ2) is 11.3. The molecule has 0 unspecified atom stereocenters. The summed E-state index contributed by atoms with van der Waals surface area (Å²) in [5.74, 6) is -0.284. The fraction of sp³-hybridized carbons (Fsp3) is 0.353. The molecule has 0 atom stereocenters. The standard InChI is InChI=1S/C9H10.C8H14O2/c1-2-6-9-7-4-3-5-8-9;1-4-5-6-10-8(9)7(2)3/h2-5,7-8H,1,6H2;2,4-6H2,1,3H3. The molecule has 0 aliphatic rings. The van der Waals surface area contributed by atoms with Crippen LogP contribution in [0.2, 0.25) is 0 Å². The maximum Gasteiger partial charge on any atom is 0.333 e. The molecule has 0 radical (unpaired) electrons. The fourth-order valence-corrected chi connectivity index (χ4v) is 1.21. The quantitative estimate of drug-likeness (QED) is 0.329. The van der Waals surface area contributed by atoms with Crippen molar-refractivity contribution in [1.82, 2.24) is 0 Å². The van der Waals surface area contributed by atoms with Gasteiger partial charge in [-0.25, -0.2) is 4.79 Å². The molecule has 0 fully saturated rings. The Balaban J connectivity index is 0.000000342. The lowest BCUT2D eigenvalue weighted by Crippen LogP contribution is -2.05. The zero-order chi connectivity index (χ0) is 14.5. The molecule has 0 saturated heterocycles. The Bertz CT molecular complexity index is 380. The summed E-state index contributed by atoms with van der Waals surface area (Å²) in [6.45, 7) is 11.3. The van der Waals surface area contributed by atoms with Gasteiger partial charge in [0.2, 0.25) is 0 Å². The van der Waals surface area contributed by atoms with Crippen LogP contribution in [0, 0.1) is 0 Å². The first-order valence-electron chi connectivity index (χ1n) is 6.59. The van der Waals surface area contributed by atoms with E-state index in [4.69, 9.17) is 4.74 Å². The number of unbranched alkanes of at least 4 members (excludes halogenated alkanes) is 1. The van der Waals surface area contributed by atoms with Crippen LogP contribution in [0.25, 0.3) is 0 Å². The molecule has 2 heteroatoms. The van der Waals surface area contributed by atoms with Crippen molar-refractivity contribution in [2.24, 2.45) is 0 Å². The minimum Gasteiger partial charge on any atom is -0.462 e. The van der Waals surface area contributed by atoms with Crippen molar-refractivity contribution in [3.63, 3.8) is 0 Å². The van der Waals surface area contributed by atoms with Crippen LogP contribution in [-0.4, -0.2) is 12.6 Å². The van der Waals surface area contributed by atoms with Crippen LogP contribution in [0.5, 0.6) is 0 Å². The summed E-state index contributed by atoms with van der Waals surface area (Å²) in [4.78, 5) is 10.7. The van der Waals surface area contributed by atoms with E-state index in [0.717, 1.165) is 19.3 Å². The maximum absolute atomic E-state index is 10.7. The van der Waals surface area contributed by atoms with Gasteiger partial charge in [-0.15, -0.1) is 6.58 Å². The molecule has 1 aromatic carbocycles. The second-order valence-electron chi connectivity index (χ2n) is 4.25. The van der Waals surface area contributed by atoms with Crippen molar-refractivity contribution >= 4 is 5.97 Å². The van der Waals surface area contributed by atoms with Crippen LogP contribution in [0.3, 0.4) is 0 Å². The van der Waals surface area contributed by atoms with Gasteiger partial charge in [-0.1, -0.05) is 56.3 Å². The summed E-state index contributed by atoms with van der Waals surface area (Å²) < 4.78 is 4.81. The van der Waals surface area contributed by atoms with E-state index in [1.54, 1.807) is 6.92 Å². The lowest BCUT2D eigenvalue weighted by atomic mass is 10.2. The van der Waals surface area contributed by atoms with E-state index in [-0.39, 0.29) is 5.97 Å². The van der Waals surface area contributed by atoms with E-state index in [1.807, 2.05) is 24.3 Å². The highest BCUT2D eigenvalue weighted by molar-refractivity contribution is 5.86. The van der Waals surface area contributed by atoms with Crippen LogP contribution in [-0.2, 0) is 16.0 Å². The molecule has 0 spiro atoms. The Hall–Kier alpha value is -1.83. The Morgan fingerprint density at radius 1 is 1.32 bits per heavy atom. The number of benzene rings is 1. The lowest BCUT2D eigenvalue weighted by Gasteiger charge is -2.01. The zero-order valence-electron chi connectivity index (χ0n) is 12.0. The van der Waals surface area contributed by atoms with Crippen LogP contribution < -0.4 is 0 Å². The van der Waals surface area contributed by atoms with E-state index in [1.165, 1.54) is 5.56 Å². The van der Waals surface area contributed by atoms with Gasteiger partial charge in [0.15, 0.2) is 0 Å². The fourth-order valence-electron chi connectivity index (χ4n) is 1.21.